The molecule has 0 aliphatic carbocycles. The lowest BCUT2D eigenvalue weighted by Gasteiger charge is -2.21. The van der Waals surface area contributed by atoms with E-state index >= 15 is 0 Å². The third-order valence-electron chi connectivity index (χ3n) is 5.22. The maximum absolute atomic E-state index is 12.3. The number of carbonyl (C=O) groups excluding carboxylic acids is 1. The van der Waals surface area contributed by atoms with Gasteiger partial charge in [-0.2, -0.15) is 0 Å². The number of methoxy groups -OCH3 is 1. The largest absolute Gasteiger partial charge is 0.496 e. The number of nitrogens with one attached hydrogen (secondary N) is 1. The van der Waals surface area contributed by atoms with Crippen molar-refractivity contribution in [3.8, 4) is 5.75 Å². The molecule has 1 aliphatic heterocycles. The highest BCUT2D eigenvalue weighted by Gasteiger charge is 2.20. The molecule has 7 heteroatoms. The number of rotatable bonds is 6. The maximum Gasteiger partial charge on any atom is 0.251 e. The Hall–Kier alpha value is -3.19. The number of ether oxygens (including phenoxy) is 1. The first-order valence-corrected chi connectivity index (χ1v) is 9.83. The van der Waals surface area contributed by atoms with Crippen LogP contribution in [0.3, 0.4) is 0 Å². The Kier molecular flexibility index (Phi) is 5.86. The zero-order chi connectivity index (χ0) is 20.1. The van der Waals surface area contributed by atoms with E-state index in [-0.39, 0.29) is 5.91 Å². The van der Waals surface area contributed by atoms with Crippen LogP contribution in [0.4, 0.5) is 0 Å². The summed E-state index contributed by atoms with van der Waals surface area (Å²) >= 11 is 0. The van der Waals surface area contributed by atoms with Gasteiger partial charge in [0.15, 0.2) is 5.82 Å². The number of para-hydroxylation sites is 1. The lowest BCUT2D eigenvalue weighted by Crippen LogP contribution is -2.28. The smallest absolute Gasteiger partial charge is 0.251 e. The fourth-order valence-electron chi connectivity index (χ4n) is 3.64. The SMILES string of the molecule is COc1ccccc1CN1CCc2nnc(CNC(=O)c3ccccc3)n2CC1. The van der Waals surface area contributed by atoms with Gasteiger partial charge in [0.2, 0.25) is 0 Å². The molecule has 1 amide bonds. The van der Waals surface area contributed by atoms with Gasteiger partial charge >= 0.3 is 0 Å². The molecule has 150 valence electrons. The number of benzene rings is 2. The molecule has 1 N–H and O–H groups in total. The molecule has 2 heterocycles. The highest BCUT2D eigenvalue weighted by atomic mass is 16.5. The lowest BCUT2D eigenvalue weighted by atomic mass is 10.2. The first kappa shape index (κ1) is 19.1. The Morgan fingerprint density at radius 1 is 1.03 bits per heavy atom. The predicted octanol–water partition coefficient (Wildman–Crippen LogP) is 2.28. The molecule has 0 saturated carbocycles. The summed E-state index contributed by atoms with van der Waals surface area (Å²) in [4.78, 5) is 14.7. The van der Waals surface area contributed by atoms with Gasteiger partial charge in [-0.1, -0.05) is 36.4 Å². The van der Waals surface area contributed by atoms with Crippen LogP contribution in [-0.4, -0.2) is 45.8 Å². The van der Waals surface area contributed by atoms with Crippen molar-refractivity contribution in [1.29, 1.82) is 0 Å². The van der Waals surface area contributed by atoms with Crippen molar-refractivity contribution in [2.24, 2.45) is 0 Å². The number of aromatic nitrogens is 3. The molecule has 3 aromatic rings. The minimum absolute atomic E-state index is 0.102. The van der Waals surface area contributed by atoms with E-state index in [2.05, 4.69) is 31.0 Å². The second-order valence-corrected chi connectivity index (χ2v) is 7.07. The molecule has 2 aromatic carbocycles. The van der Waals surface area contributed by atoms with Crippen molar-refractivity contribution in [2.75, 3.05) is 20.2 Å². The molecule has 0 atom stereocenters. The van der Waals surface area contributed by atoms with Crippen LogP contribution >= 0.6 is 0 Å². The molecule has 0 radical (unpaired) electrons. The van der Waals surface area contributed by atoms with E-state index in [0.29, 0.717) is 12.1 Å². The molecule has 1 aromatic heterocycles. The average Bonchev–Trinajstić information content (AvgIpc) is 3.05. The van der Waals surface area contributed by atoms with Crippen LogP contribution in [0.25, 0.3) is 0 Å². The van der Waals surface area contributed by atoms with Gasteiger partial charge in [0, 0.05) is 43.7 Å². The molecule has 0 bridgehead atoms. The molecule has 0 spiro atoms. The van der Waals surface area contributed by atoms with E-state index < -0.39 is 0 Å². The molecule has 7 nitrogen and oxygen atoms in total. The fraction of sp³-hybridized carbons (Fsp3) is 0.318. The molecular weight excluding hydrogens is 366 g/mol. The van der Waals surface area contributed by atoms with Crippen LogP contribution in [0.2, 0.25) is 0 Å². The standard InChI is InChI=1S/C22H25N5O2/c1-29-19-10-6-5-9-18(19)16-26-12-11-20-24-25-21(27(20)14-13-26)15-23-22(28)17-7-3-2-4-8-17/h2-10H,11-16H2,1H3,(H,23,28). The Morgan fingerprint density at radius 3 is 2.66 bits per heavy atom. The second kappa shape index (κ2) is 8.87. The van der Waals surface area contributed by atoms with E-state index in [1.54, 1.807) is 19.2 Å². The zero-order valence-corrected chi connectivity index (χ0v) is 16.5. The molecule has 0 saturated heterocycles. The first-order chi connectivity index (χ1) is 14.2. The fourth-order valence-corrected chi connectivity index (χ4v) is 3.64. The normalized spacial score (nSPS) is 14.1. The minimum atomic E-state index is -0.102. The topological polar surface area (TPSA) is 72.3 Å². The Balaban J connectivity index is 1.38. The van der Waals surface area contributed by atoms with Crippen LogP contribution in [-0.2, 0) is 26.1 Å². The lowest BCUT2D eigenvalue weighted by molar-refractivity contribution is 0.0949. The van der Waals surface area contributed by atoms with E-state index in [0.717, 1.165) is 50.0 Å². The van der Waals surface area contributed by atoms with Gasteiger partial charge in [0.1, 0.15) is 11.6 Å². The molecule has 4 rings (SSSR count). The van der Waals surface area contributed by atoms with E-state index in [9.17, 15) is 4.79 Å². The number of amides is 1. The van der Waals surface area contributed by atoms with Gasteiger partial charge in [-0.3, -0.25) is 9.69 Å². The number of carbonyl (C=O) groups is 1. The monoisotopic (exact) mass is 391 g/mol. The van der Waals surface area contributed by atoms with Crippen molar-refractivity contribution >= 4 is 5.91 Å². The summed E-state index contributed by atoms with van der Waals surface area (Å²) in [5, 5.41) is 11.6. The van der Waals surface area contributed by atoms with Gasteiger partial charge in [-0.25, -0.2) is 0 Å². The summed E-state index contributed by atoms with van der Waals surface area (Å²) in [6, 6.07) is 17.3. The molecule has 1 aliphatic rings. The van der Waals surface area contributed by atoms with Gasteiger partial charge in [-0.15, -0.1) is 10.2 Å². The minimum Gasteiger partial charge on any atom is -0.496 e. The second-order valence-electron chi connectivity index (χ2n) is 7.07. The van der Waals surface area contributed by atoms with Crippen molar-refractivity contribution in [1.82, 2.24) is 25.0 Å². The molecule has 0 fully saturated rings. The number of fused-ring (bicyclic) bond motifs is 1. The number of nitrogens with zero attached hydrogens (tertiary/aromatic N) is 4. The summed E-state index contributed by atoms with van der Waals surface area (Å²) < 4.78 is 7.61. The Morgan fingerprint density at radius 2 is 1.83 bits per heavy atom. The van der Waals surface area contributed by atoms with E-state index in [4.69, 9.17) is 4.74 Å². The summed E-state index contributed by atoms with van der Waals surface area (Å²) in [6.07, 6.45) is 0.828. The summed E-state index contributed by atoms with van der Waals surface area (Å²) in [6.45, 7) is 3.80. The van der Waals surface area contributed by atoms with Crippen LogP contribution in [0.5, 0.6) is 5.75 Å². The number of hydrogen-bond acceptors (Lipinski definition) is 5. The highest BCUT2D eigenvalue weighted by Crippen LogP contribution is 2.20. The van der Waals surface area contributed by atoms with Gasteiger partial charge < -0.3 is 14.6 Å². The van der Waals surface area contributed by atoms with Crippen LogP contribution in [0.1, 0.15) is 27.6 Å². The van der Waals surface area contributed by atoms with Crippen molar-refractivity contribution in [2.45, 2.75) is 26.1 Å². The van der Waals surface area contributed by atoms with Crippen molar-refractivity contribution in [3.63, 3.8) is 0 Å². The predicted molar refractivity (Wildman–Crippen MR) is 110 cm³/mol. The maximum atomic E-state index is 12.3. The molecule has 29 heavy (non-hydrogen) atoms. The van der Waals surface area contributed by atoms with Gasteiger partial charge in [0.05, 0.1) is 13.7 Å². The Labute approximate surface area is 170 Å². The highest BCUT2D eigenvalue weighted by molar-refractivity contribution is 5.93. The van der Waals surface area contributed by atoms with Crippen LogP contribution < -0.4 is 10.1 Å². The molecule has 0 unspecified atom stereocenters. The van der Waals surface area contributed by atoms with Crippen LogP contribution in [0.15, 0.2) is 54.6 Å². The average molecular weight is 391 g/mol. The molecular formula is C22H25N5O2. The van der Waals surface area contributed by atoms with Crippen molar-refractivity contribution < 1.29 is 9.53 Å². The quantitative estimate of drug-likeness (QED) is 0.698. The van der Waals surface area contributed by atoms with Crippen LogP contribution in [0, 0.1) is 0 Å². The first-order valence-electron chi connectivity index (χ1n) is 9.83. The summed E-state index contributed by atoms with van der Waals surface area (Å²) in [5.41, 5.74) is 1.83. The number of hydrogen-bond donors (Lipinski definition) is 1. The third-order valence-corrected chi connectivity index (χ3v) is 5.22. The third kappa shape index (κ3) is 4.46. The van der Waals surface area contributed by atoms with E-state index in [1.165, 1.54) is 5.56 Å². The summed E-state index contributed by atoms with van der Waals surface area (Å²) in [7, 11) is 1.71. The Bertz CT molecular complexity index is 970. The van der Waals surface area contributed by atoms with Gasteiger partial charge in [0.25, 0.3) is 5.91 Å². The van der Waals surface area contributed by atoms with Gasteiger partial charge in [-0.05, 0) is 18.2 Å². The summed E-state index contributed by atoms with van der Waals surface area (Å²) in [5.74, 6) is 2.58. The zero-order valence-electron chi connectivity index (χ0n) is 16.5. The van der Waals surface area contributed by atoms with E-state index in [1.807, 2.05) is 36.4 Å². The van der Waals surface area contributed by atoms with Crippen molar-refractivity contribution in [3.05, 3.63) is 77.4 Å².